The van der Waals surface area contributed by atoms with Gasteiger partial charge in [-0.1, -0.05) is 55.4 Å². The topological polar surface area (TPSA) is 182 Å². The summed E-state index contributed by atoms with van der Waals surface area (Å²) in [6, 6.07) is 7.55. The standard InChI is InChI=1S/C31H51N3O6.C26H44N2O5S/c1-24(2)14-19-38-21-22-39-20-15-30(36)33(6)16-17-34(7)31(37)23-32-26(5)27-10-12-28(13-11-27)40-18-8-9-29(35)25(3)4;1-18(2)10-13-33-14-12-27(5)23(29)11-15-34-22-16-24(30)28(26(22)32)17-20-6-8-21(9-7-20)25(31)19(3)4/h10-13,24-25H,8-9,14-23H2,1-7H3;18-22H,6-17H2,1-5H3. The van der Waals surface area contributed by atoms with Crippen LogP contribution in [0.1, 0.15) is 139 Å². The molecule has 0 bridgehead atoms. The summed E-state index contributed by atoms with van der Waals surface area (Å²) in [5.74, 6) is 3.28. The van der Waals surface area contributed by atoms with Crippen molar-refractivity contribution in [3.63, 3.8) is 0 Å². The van der Waals surface area contributed by atoms with E-state index in [9.17, 15) is 33.6 Å². The normalized spacial score (nSPS) is 17.0. The Morgan fingerprint density at radius 2 is 1.22 bits per heavy atom. The summed E-state index contributed by atoms with van der Waals surface area (Å²) in [6.07, 6.45) is 7.62. The van der Waals surface area contributed by atoms with Gasteiger partial charge in [-0.15, -0.1) is 11.8 Å². The molecule has 5 amide bonds. The first-order chi connectivity index (χ1) is 35.1. The zero-order valence-corrected chi connectivity index (χ0v) is 48.3. The highest BCUT2D eigenvalue weighted by Crippen LogP contribution is 2.34. The molecule has 3 rings (SSSR count). The number of hydrogen-bond donors (Lipinski definition) is 0. The molecule has 1 unspecified atom stereocenters. The van der Waals surface area contributed by atoms with Gasteiger partial charge in [-0.05, 0) is 99.5 Å². The van der Waals surface area contributed by atoms with E-state index >= 15 is 0 Å². The van der Waals surface area contributed by atoms with Gasteiger partial charge in [0.25, 0.3) is 0 Å². The van der Waals surface area contributed by atoms with Gasteiger partial charge in [0, 0.05) is 109 Å². The first-order valence-corrected chi connectivity index (χ1v) is 28.4. The quantitative estimate of drug-likeness (QED) is 0.0363. The summed E-state index contributed by atoms with van der Waals surface area (Å²) < 4.78 is 22.3. The minimum absolute atomic E-state index is 0.0214. The molecule has 1 aliphatic carbocycles. The summed E-state index contributed by atoms with van der Waals surface area (Å²) in [7, 11) is 5.22. The van der Waals surface area contributed by atoms with E-state index in [2.05, 4.69) is 32.7 Å². The van der Waals surface area contributed by atoms with E-state index in [1.165, 1.54) is 16.7 Å². The lowest BCUT2D eigenvalue weighted by Gasteiger charge is -2.30. The number of amides is 5. The molecular weight excluding hydrogens is 963 g/mol. The third-order valence-corrected chi connectivity index (χ3v) is 14.6. The highest BCUT2D eigenvalue weighted by Gasteiger charge is 2.40. The second-order valence-electron chi connectivity index (χ2n) is 21.3. The van der Waals surface area contributed by atoms with Crippen LogP contribution in [0.15, 0.2) is 29.3 Å². The number of carbonyl (C=O) groups is 7. The number of hydrogen-bond acceptors (Lipinski definition) is 13. The van der Waals surface area contributed by atoms with Crippen molar-refractivity contribution >= 4 is 58.6 Å². The number of rotatable bonds is 35. The van der Waals surface area contributed by atoms with Gasteiger partial charge < -0.3 is 33.6 Å². The molecular formula is C57H95N5O11S. The van der Waals surface area contributed by atoms with Crippen LogP contribution in [0.4, 0.5) is 0 Å². The second kappa shape index (κ2) is 36.7. The number of aliphatic imine (C=N–C) groups is 1. The number of Topliss-reactive ketones (excluding diaryl/α,β-unsaturated/α-hetero) is 2. The Kier molecular flexibility index (Phi) is 32.7. The Morgan fingerprint density at radius 1 is 0.662 bits per heavy atom. The molecule has 1 atom stereocenters. The van der Waals surface area contributed by atoms with Gasteiger partial charge in [0.05, 0.1) is 44.7 Å². The van der Waals surface area contributed by atoms with Crippen molar-refractivity contribution in [2.75, 3.05) is 106 Å². The van der Waals surface area contributed by atoms with Crippen LogP contribution in [-0.2, 0) is 47.8 Å². The maximum absolute atomic E-state index is 12.8. The maximum Gasteiger partial charge on any atom is 0.244 e. The number of thioether (sulfide) groups is 1. The Morgan fingerprint density at radius 3 is 1.80 bits per heavy atom. The first-order valence-electron chi connectivity index (χ1n) is 27.3. The maximum atomic E-state index is 12.8. The number of ether oxygens (including phenoxy) is 4. The van der Waals surface area contributed by atoms with Crippen molar-refractivity contribution in [3.05, 3.63) is 29.8 Å². The molecule has 1 saturated heterocycles. The van der Waals surface area contributed by atoms with Gasteiger partial charge in [-0.3, -0.25) is 43.5 Å². The molecule has 2 aliphatic rings. The van der Waals surface area contributed by atoms with Crippen LogP contribution in [0.2, 0.25) is 0 Å². The Bertz CT molecular complexity index is 1880. The monoisotopic (exact) mass is 1060 g/mol. The van der Waals surface area contributed by atoms with Crippen molar-refractivity contribution in [2.24, 2.45) is 40.5 Å². The molecule has 0 N–H and O–H groups in total. The van der Waals surface area contributed by atoms with Crippen LogP contribution in [0.25, 0.3) is 0 Å². The fraction of sp³-hybridized carbons (Fsp3) is 0.754. The number of ketones is 2. The summed E-state index contributed by atoms with van der Waals surface area (Å²) in [4.78, 5) is 97.2. The fourth-order valence-corrected chi connectivity index (χ4v) is 9.12. The molecule has 0 spiro atoms. The van der Waals surface area contributed by atoms with Gasteiger partial charge in [-0.2, -0.15) is 0 Å². The van der Waals surface area contributed by atoms with Gasteiger partial charge in [0.1, 0.15) is 23.9 Å². The number of likely N-dealkylation sites (N-methyl/N-ethyl adjacent to an activating group) is 3. The molecule has 16 nitrogen and oxygen atoms in total. The Labute approximate surface area is 449 Å². The fourth-order valence-electron chi connectivity index (χ4n) is 8.02. The van der Waals surface area contributed by atoms with Crippen molar-refractivity contribution in [1.82, 2.24) is 19.6 Å². The van der Waals surface area contributed by atoms with E-state index < -0.39 is 0 Å². The van der Waals surface area contributed by atoms with Crippen LogP contribution < -0.4 is 4.74 Å². The van der Waals surface area contributed by atoms with E-state index in [4.69, 9.17) is 18.9 Å². The first kappa shape index (κ1) is 65.9. The zero-order valence-electron chi connectivity index (χ0n) is 47.5. The second-order valence-corrected chi connectivity index (χ2v) is 22.6. The minimum atomic E-state index is -0.385. The number of likely N-dealkylation sites (tertiary alicyclic amines) is 1. The molecule has 74 heavy (non-hydrogen) atoms. The molecule has 0 aromatic heterocycles. The molecule has 420 valence electrons. The van der Waals surface area contributed by atoms with Crippen molar-refractivity contribution in [1.29, 1.82) is 0 Å². The molecule has 1 heterocycles. The number of imide groups is 1. The van der Waals surface area contributed by atoms with E-state index in [0.717, 1.165) is 62.2 Å². The molecule has 17 heteroatoms. The lowest BCUT2D eigenvalue weighted by Crippen LogP contribution is -2.38. The lowest BCUT2D eigenvalue weighted by atomic mass is 9.77. The van der Waals surface area contributed by atoms with E-state index in [0.29, 0.717) is 115 Å². The predicted molar refractivity (Wildman–Crippen MR) is 294 cm³/mol. The SMILES string of the molecule is CC(=NCC(=O)N(C)CCN(C)C(=O)CCOCCOCCC(C)C)c1ccc(OCCCC(=O)C(C)C)cc1.CC(C)CCOCCN(C)C(=O)CCSC1CC(=O)N(CC2CCC(C(=O)C(C)C)CC2)C1=O. The van der Waals surface area contributed by atoms with Crippen LogP contribution in [0.5, 0.6) is 5.75 Å². The average Bonchev–Trinajstić information content (AvgIpc) is 3.63. The van der Waals surface area contributed by atoms with Gasteiger partial charge in [0.15, 0.2) is 0 Å². The molecule has 1 aliphatic heterocycles. The van der Waals surface area contributed by atoms with Gasteiger partial charge in [-0.25, -0.2) is 0 Å². The van der Waals surface area contributed by atoms with Crippen molar-refractivity contribution in [2.45, 2.75) is 138 Å². The van der Waals surface area contributed by atoms with E-state index in [1.54, 1.807) is 35.8 Å². The molecule has 1 aromatic rings. The van der Waals surface area contributed by atoms with Gasteiger partial charge >= 0.3 is 0 Å². The van der Waals surface area contributed by atoms with Crippen LogP contribution in [0.3, 0.4) is 0 Å². The Hall–Kier alpha value is -4.19. The van der Waals surface area contributed by atoms with E-state index in [1.807, 2.05) is 58.9 Å². The largest absolute Gasteiger partial charge is 0.494 e. The third kappa shape index (κ3) is 27.0. The van der Waals surface area contributed by atoms with Crippen molar-refractivity contribution in [3.8, 4) is 5.75 Å². The number of carbonyl (C=O) groups excluding carboxylic acids is 7. The summed E-state index contributed by atoms with van der Waals surface area (Å²) in [6.45, 7) is 24.0. The summed E-state index contributed by atoms with van der Waals surface area (Å²) in [5.41, 5.74) is 1.67. The third-order valence-electron chi connectivity index (χ3n) is 13.4. The molecule has 2 fully saturated rings. The highest BCUT2D eigenvalue weighted by molar-refractivity contribution is 8.00. The minimum Gasteiger partial charge on any atom is -0.494 e. The summed E-state index contributed by atoms with van der Waals surface area (Å²) in [5, 5.41) is -0.385. The van der Waals surface area contributed by atoms with Crippen LogP contribution >= 0.6 is 11.8 Å². The smallest absolute Gasteiger partial charge is 0.244 e. The van der Waals surface area contributed by atoms with Crippen LogP contribution in [-0.4, -0.2) is 178 Å². The number of benzene rings is 1. The van der Waals surface area contributed by atoms with Crippen LogP contribution in [0, 0.1) is 35.5 Å². The summed E-state index contributed by atoms with van der Waals surface area (Å²) >= 11 is 1.41. The van der Waals surface area contributed by atoms with E-state index in [-0.39, 0.29) is 77.2 Å². The highest BCUT2D eigenvalue weighted by atomic mass is 32.2. The van der Waals surface area contributed by atoms with Crippen molar-refractivity contribution < 1.29 is 52.5 Å². The lowest BCUT2D eigenvalue weighted by molar-refractivity contribution is -0.140. The number of nitrogens with zero attached hydrogens (tertiary/aromatic N) is 5. The Balaban J connectivity index is 0.000000513. The van der Waals surface area contributed by atoms with Gasteiger partial charge in [0.2, 0.25) is 29.5 Å². The zero-order chi connectivity index (χ0) is 55.2. The molecule has 1 aromatic carbocycles. The predicted octanol–water partition coefficient (Wildman–Crippen LogP) is 8.06. The average molecular weight is 1060 g/mol. The molecule has 1 saturated carbocycles. The molecule has 0 radical (unpaired) electrons.